The summed E-state index contributed by atoms with van der Waals surface area (Å²) in [6.45, 7) is 3.84. The van der Waals surface area contributed by atoms with Crippen LogP contribution in [0.15, 0.2) is 18.2 Å². The van der Waals surface area contributed by atoms with Crippen molar-refractivity contribution in [2.75, 3.05) is 20.8 Å². The molecule has 0 unspecified atom stereocenters. The van der Waals surface area contributed by atoms with E-state index in [0.717, 1.165) is 36.6 Å². The monoisotopic (exact) mass is 265 g/mol. The zero-order chi connectivity index (χ0) is 13.7. The van der Waals surface area contributed by atoms with Crippen molar-refractivity contribution in [2.45, 2.75) is 38.5 Å². The molecule has 1 aliphatic heterocycles. The van der Waals surface area contributed by atoms with Gasteiger partial charge in [0.2, 0.25) is 0 Å². The molecule has 1 saturated heterocycles. The molecule has 1 N–H and O–H groups in total. The van der Waals surface area contributed by atoms with Gasteiger partial charge >= 0.3 is 0 Å². The van der Waals surface area contributed by atoms with E-state index in [1.54, 1.807) is 14.2 Å². The fraction of sp³-hybridized carbons (Fsp3) is 0.600. The van der Waals surface area contributed by atoms with Crippen molar-refractivity contribution in [1.82, 2.24) is 5.32 Å². The number of hydrogen-bond donors (Lipinski definition) is 1. The first-order valence-electron chi connectivity index (χ1n) is 6.80. The van der Waals surface area contributed by atoms with E-state index in [2.05, 4.69) is 12.2 Å². The Hall–Kier alpha value is -1.26. The van der Waals surface area contributed by atoms with Crippen molar-refractivity contribution in [2.24, 2.45) is 0 Å². The number of nitrogens with one attached hydrogen (secondary N) is 1. The summed E-state index contributed by atoms with van der Waals surface area (Å²) in [7, 11) is 3.34. The fourth-order valence-electron chi connectivity index (χ4n) is 2.40. The number of ether oxygens (including phenoxy) is 3. The maximum atomic E-state index is 5.68. The molecule has 0 aliphatic carbocycles. The van der Waals surface area contributed by atoms with Gasteiger partial charge in [0.1, 0.15) is 11.5 Å². The SMILES string of the molecule is COc1ccc(CN[C@H](C)[C@@H]2CCCO2)c(OC)c1. The Morgan fingerprint density at radius 2 is 2.21 bits per heavy atom. The summed E-state index contributed by atoms with van der Waals surface area (Å²) in [5.74, 6) is 1.67. The van der Waals surface area contributed by atoms with Gasteiger partial charge in [-0.3, -0.25) is 0 Å². The van der Waals surface area contributed by atoms with Gasteiger partial charge in [-0.1, -0.05) is 6.07 Å². The molecule has 0 amide bonds. The Labute approximate surface area is 115 Å². The predicted molar refractivity (Wildman–Crippen MR) is 74.8 cm³/mol. The second-order valence-corrected chi connectivity index (χ2v) is 4.90. The molecule has 2 rings (SSSR count). The van der Waals surface area contributed by atoms with Crippen LogP contribution in [0.1, 0.15) is 25.3 Å². The lowest BCUT2D eigenvalue weighted by Gasteiger charge is -2.20. The molecule has 1 aliphatic rings. The van der Waals surface area contributed by atoms with Crippen molar-refractivity contribution in [1.29, 1.82) is 0 Å². The summed E-state index contributed by atoms with van der Waals surface area (Å²) < 4.78 is 16.3. The third kappa shape index (κ3) is 3.61. The van der Waals surface area contributed by atoms with Crippen LogP contribution in [0, 0.1) is 0 Å². The predicted octanol–water partition coefficient (Wildman–Crippen LogP) is 2.36. The van der Waals surface area contributed by atoms with Crippen molar-refractivity contribution in [3.63, 3.8) is 0 Å². The Kier molecular flexibility index (Phi) is 5.05. The smallest absolute Gasteiger partial charge is 0.127 e. The van der Waals surface area contributed by atoms with Crippen LogP contribution in [0.4, 0.5) is 0 Å². The Morgan fingerprint density at radius 1 is 1.37 bits per heavy atom. The molecular formula is C15H23NO3. The zero-order valence-corrected chi connectivity index (χ0v) is 11.9. The topological polar surface area (TPSA) is 39.7 Å². The molecule has 19 heavy (non-hydrogen) atoms. The lowest BCUT2D eigenvalue weighted by Crippen LogP contribution is -2.36. The standard InChI is InChI=1S/C15H23NO3/c1-11(14-5-4-8-19-14)16-10-12-6-7-13(17-2)9-15(12)18-3/h6-7,9,11,14,16H,4-5,8,10H2,1-3H3/t11-,14+/m1/s1. The summed E-state index contributed by atoms with van der Waals surface area (Å²) in [6.07, 6.45) is 2.65. The Balaban J connectivity index is 1.94. The van der Waals surface area contributed by atoms with E-state index in [4.69, 9.17) is 14.2 Å². The molecule has 0 radical (unpaired) electrons. The van der Waals surface area contributed by atoms with Gasteiger partial charge in [0.25, 0.3) is 0 Å². The van der Waals surface area contributed by atoms with E-state index in [1.807, 2.05) is 18.2 Å². The number of rotatable bonds is 6. The summed E-state index contributed by atoms with van der Waals surface area (Å²) >= 11 is 0. The molecule has 2 atom stereocenters. The molecule has 106 valence electrons. The maximum absolute atomic E-state index is 5.68. The van der Waals surface area contributed by atoms with Crippen LogP contribution in [-0.4, -0.2) is 33.0 Å². The van der Waals surface area contributed by atoms with Gasteiger partial charge in [-0.05, 0) is 25.8 Å². The summed E-state index contributed by atoms with van der Waals surface area (Å²) in [4.78, 5) is 0. The zero-order valence-electron chi connectivity index (χ0n) is 11.9. The molecule has 1 heterocycles. The Morgan fingerprint density at radius 3 is 2.84 bits per heavy atom. The number of methoxy groups -OCH3 is 2. The van der Waals surface area contributed by atoms with E-state index in [-0.39, 0.29) is 0 Å². The largest absolute Gasteiger partial charge is 0.497 e. The molecule has 0 bridgehead atoms. The third-order valence-electron chi connectivity index (χ3n) is 3.63. The first kappa shape index (κ1) is 14.2. The van der Waals surface area contributed by atoms with Gasteiger partial charge in [-0.2, -0.15) is 0 Å². The van der Waals surface area contributed by atoms with Gasteiger partial charge in [-0.15, -0.1) is 0 Å². The molecule has 1 fully saturated rings. The summed E-state index contributed by atoms with van der Waals surface area (Å²) in [5.41, 5.74) is 1.13. The van der Waals surface area contributed by atoms with Gasteiger partial charge < -0.3 is 19.5 Å². The van der Waals surface area contributed by atoms with Gasteiger partial charge in [0, 0.05) is 30.8 Å². The molecule has 4 heteroatoms. The fourth-order valence-corrected chi connectivity index (χ4v) is 2.40. The van der Waals surface area contributed by atoms with Crippen LogP contribution >= 0.6 is 0 Å². The average molecular weight is 265 g/mol. The second kappa shape index (κ2) is 6.78. The van der Waals surface area contributed by atoms with Crippen LogP contribution < -0.4 is 14.8 Å². The van der Waals surface area contributed by atoms with E-state index in [0.29, 0.717) is 12.1 Å². The number of hydrogen-bond acceptors (Lipinski definition) is 4. The van der Waals surface area contributed by atoms with Crippen molar-refractivity contribution >= 4 is 0 Å². The summed E-state index contributed by atoms with van der Waals surface area (Å²) in [6, 6.07) is 6.26. The molecule has 4 nitrogen and oxygen atoms in total. The maximum Gasteiger partial charge on any atom is 0.127 e. The highest BCUT2D eigenvalue weighted by atomic mass is 16.5. The Bertz CT molecular complexity index is 402. The van der Waals surface area contributed by atoms with Crippen molar-refractivity contribution < 1.29 is 14.2 Å². The van der Waals surface area contributed by atoms with Gasteiger partial charge in [0.05, 0.1) is 20.3 Å². The highest BCUT2D eigenvalue weighted by Crippen LogP contribution is 2.25. The second-order valence-electron chi connectivity index (χ2n) is 4.90. The van der Waals surface area contributed by atoms with Gasteiger partial charge in [-0.25, -0.2) is 0 Å². The third-order valence-corrected chi connectivity index (χ3v) is 3.63. The minimum absolute atomic E-state index is 0.337. The quantitative estimate of drug-likeness (QED) is 0.857. The molecular weight excluding hydrogens is 242 g/mol. The van der Waals surface area contributed by atoms with E-state index >= 15 is 0 Å². The number of benzene rings is 1. The van der Waals surface area contributed by atoms with Crippen LogP contribution in [0.3, 0.4) is 0 Å². The van der Waals surface area contributed by atoms with Crippen LogP contribution in [0.25, 0.3) is 0 Å². The summed E-state index contributed by atoms with van der Waals surface area (Å²) in [5, 5.41) is 3.51. The molecule has 1 aromatic carbocycles. The highest BCUT2D eigenvalue weighted by Gasteiger charge is 2.22. The van der Waals surface area contributed by atoms with Crippen LogP contribution in [0.2, 0.25) is 0 Å². The lowest BCUT2D eigenvalue weighted by atomic mass is 10.1. The highest BCUT2D eigenvalue weighted by molar-refractivity contribution is 5.40. The van der Waals surface area contributed by atoms with E-state index in [9.17, 15) is 0 Å². The minimum atomic E-state index is 0.337. The molecule has 1 aromatic rings. The van der Waals surface area contributed by atoms with E-state index in [1.165, 1.54) is 6.42 Å². The first-order valence-corrected chi connectivity index (χ1v) is 6.80. The first-order chi connectivity index (χ1) is 9.24. The van der Waals surface area contributed by atoms with Crippen molar-refractivity contribution in [3.8, 4) is 11.5 Å². The molecule has 0 saturated carbocycles. The minimum Gasteiger partial charge on any atom is -0.497 e. The van der Waals surface area contributed by atoms with Crippen LogP contribution in [-0.2, 0) is 11.3 Å². The van der Waals surface area contributed by atoms with E-state index < -0.39 is 0 Å². The molecule has 0 aromatic heterocycles. The van der Waals surface area contributed by atoms with Crippen molar-refractivity contribution in [3.05, 3.63) is 23.8 Å². The molecule has 0 spiro atoms. The normalized spacial score (nSPS) is 20.3. The lowest BCUT2D eigenvalue weighted by molar-refractivity contribution is 0.0831. The van der Waals surface area contributed by atoms with Gasteiger partial charge in [0.15, 0.2) is 0 Å². The average Bonchev–Trinajstić information content (AvgIpc) is 2.98. The van der Waals surface area contributed by atoms with Crippen LogP contribution in [0.5, 0.6) is 11.5 Å².